The van der Waals surface area contributed by atoms with Crippen molar-refractivity contribution in [1.29, 1.82) is 0 Å². The van der Waals surface area contributed by atoms with Gasteiger partial charge in [0.05, 0.1) is 5.60 Å². The molecule has 0 spiro atoms. The lowest BCUT2D eigenvalue weighted by molar-refractivity contribution is 0.0785. The Balaban J connectivity index is 0.00000106. The van der Waals surface area contributed by atoms with E-state index in [0.717, 1.165) is 5.56 Å². The lowest BCUT2D eigenvalue weighted by Crippen LogP contribution is -2.16. The molecule has 1 aromatic rings. The molecule has 0 aromatic heterocycles. The standard InChI is InChI=1S/C13H20O.C2H6/c1-9(2)12-8-11(13(4,5)14)7-6-10(12)3;1-2/h6-9,14H,1-5H3;1-2H3. The number of hydrogen-bond donors (Lipinski definition) is 1. The Morgan fingerprint density at radius 2 is 1.62 bits per heavy atom. The van der Waals surface area contributed by atoms with Gasteiger partial charge in [0.2, 0.25) is 0 Å². The molecule has 1 nitrogen and oxygen atoms in total. The minimum absolute atomic E-state index is 0.511. The fourth-order valence-corrected chi connectivity index (χ4v) is 1.64. The molecule has 0 aliphatic carbocycles. The summed E-state index contributed by atoms with van der Waals surface area (Å²) in [6.07, 6.45) is 0. The number of aliphatic hydroxyl groups is 1. The molecule has 1 aromatic carbocycles. The van der Waals surface area contributed by atoms with Crippen molar-refractivity contribution in [3.8, 4) is 0 Å². The molecular weight excluding hydrogens is 196 g/mol. The highest BCUT2D eigenvalue weighted by Crippen LogP contribution is 2.26. The van der Waals surface area contributed by atoms with Gasteiger partial charge in [0.1, 0.15) is 0 Å². The second-order valence-corrected chi connectivity index (χ2v) is 4.79. The van der Waals surface area contributed by atoms with Gasteiger partial charge in [0.15, 0.2) is 0 Å². The molecule has 0 amide bonds. The van der Waals surface area contributed by atoms with Crippen LogP contribution < -0.4 is 0 Å². The van der Waals surface area contributed by atoms with Crippen LogP contribution in [0.15, 0.2) is 18.2 Å². The predicted octanol–water partition coefficient (Wildman–Crippen LogP) is 4.37. The van der Waals surface area contributed by atoms with Crippen LogP contribution >= 0.6 is 0 Å². The Morgan fingerprint density at radius 1 is 1.12 bits per heavy atom. The average molecular weight is 222 g/mol. The summed E-state index contributed by atoms with van der Waals surface area (Å²) in [5, 5.41) is 9.89. The van der Waals surface area contributed by atoms with Gasteiger partial charge >= 0.3 is 0 Å². The van der Waals surface area contributed by atoms with Crippen LogP contribution in [0.4, 0.5) is 0 Å². The van der Waals surface area contributed by atoms with Crippen molar-refractivity contribution in [3.05, 3.63) is 34.9 Å². The summed E-state index contributed by atoms with van der Waals surface area (Å²) in [6.45, 7) is 14.1. The van der Waals surface area contributed by atoms with E-state index in [-0.39, 0.29) is 0 Å². The maximum Gasteiger partial charge on any atom is 0.0840 e. The van der Waals surface area contributed by atoms with Gasteiger partial charge in [-0.25, -0.2) is 0 Å². The largest absolute Gasteiger partial charge is 0.386 e. The Hall–Kier alpha value is -0.820. The van der Waals surface area contributed by atoms with E-state index in [0.29, 0.717) is 5.92 Å². The second kappa shape index (κ2) is 6.05. The third-order valence-corrected chi connectivity index (χ3v) is 2.61. The van der Waals surface area contributed by atoms with Gasteiger partial charge in [-0.2, -0.15) is 0 Å². The molecule has 0 aliphatic heterocycles. The van der Waals surface area contributed by atoms with Crippen molar-refractivity contribution in [3.63, 3.8) is 0 Å². The molecule has 1 heteroatoms. The summed E-state index contributed by atoms with van der Waals surface area (Å²) in [5.74, 6) is 0.511. The summed E-state index contributed by atoms with van der Waals surface area (Å²) >= 11 is 0. The van der Waals surface area contributed by atoms with Crippen LogP contribution in [0.1, 0.15) is 64.2 Å². The van der Waals surface area contributed by atoms with Gasteiger partial charge in [-0.3, -0.25) is 0 Å². The van der Waals surface area contributed by atoms with Crippen LogP contribution in [0.5, 0.6) is 0 Å². The van der Waals surface area contributed by atoms with E-state index >= 15 is 0 Å². The van der Waals surface area contributed by atoms with E-state index in [1.807, 2.05) is 33.8 Å². The minimum atomic E-state index is -0.739. The van der Waals surface area contributed by atoms with Gasteiger partial charge in [0, 0.05) is 0 Å². The summed E-state index contributed by atoms with van der Waals surface area (Å²) in [7, 11) is 0. The van der Waals surface area contributed by atoms with Crippen LogP contribution in [0.2, 0.25) is 0 Å². The molecule has 1 rings (SSSR count). The molecule has 0 fully saturated rings. The lowest BCUT2D eigenvalue weighted by atomic mass is 9.90. The van der Waals surface area contributed by atoms with Crippen molar-refractivity contribution >= 4 is 0 Å². The highest BCUT2D eigenvalue weighted by Gasteiger charge is 2.17. The number of hydrogen-bond acceptors (Lipinski definition) is 1. The first kappa shape index (κ1) is 15.2. The lowest BCUT2D eigenvalue weighted by Gasteiger charge is -2.20. The smallest absolute Gasteiger partial charge is 0.0840 e. The molecule has 0 saturated heterocycles. The molecule has 0 atom stereocenters. The van der Waals surface area contributed by atoms with E-state index in [1.54, 1.807) is 0 Å². The highest BCUT2D eigenvalue weighted by molar-refractivity contribution is 5.35. The molecule has 16 heavy (non-hydrogen) atoms. The zero-order valence-corrected chi connectivity index (χ0v) is 11.8. The first-order chi connectivity index (χ1) is 7.32. The quantitative estimate of drug-likeness (QED) is 0.787. The molecule has 0 saturated carbocycles. The zero-order chi connectivity index (χ0) is 12.9. The van der Waals surface area contributed by atoms with Crippen molar-refractivity contribution in [2.24, 2.45) is 0 Å². The van der Waals surface area contributed by atoms with Crippen LogP contribution in [0.3, 0.4) is 0 Å². The highest BCUT2D eigenvalue weighted by atomic mass is 16.3. The fraction of sp³-hybridized carbons (Fsp3) is 0.600. The number of rotatable bonds is 2. The maximum atomic E-state index is 9.89. The van der Waals surface area contributed by atoms with Crippen molar-refractivity contribution in [1.82, 2.24) is 0 Å². The minimum Gasteiger partial charge on any atom is -0.386 e. The van der Waals surface area contributed by atoms with Crippen LogP contribution in [-0.2, 0) is 5.60 Å². The summed E-state index contributed by atoms with van der Waals surface area (Å²) in [5.41, 5.74) is 2.88. The van der Waals surface area contributed by atoms with Crippen molar-refractivity contribution in [2.75, 3.05) is 0 Å². The zero-order valence-electron chi connectivity index (χ0n) is 11.8. The molecule has 0 bridgehead atoms. The van der Waals surface area contributed by atoms with Gasteiger partial charge in [-0.1, -0.05) is 45.9 Å². The Kier molecular flexibility index (Phi) is 5.74. The van der Waals surface area contributed by atoms with Crippen LogP contribution in [0, 0.1) is 6.92 Å². The molecule has 0 heterocycles. The van der Waals surface area contributed by atoms with E-state index < -0.39 is 5.60 Å². The Labute approximate surface area is 101 Å². The monoisotopic (exact) mass is 222 g/mol. The molecular formula is C15H26O. The topological polar surface area (TPSA) is 20.2 Å². The van der Waals surface area contributed by atoms with Gasteiger partial charge in [0.25, 0.3) is 0 Å². The molecule has 0 aliphatic rings. The van der Waals surface area contributed by atoms with E-state index in [1.165, 1.54) is 11.1 Å². The third kappa shape index (κ3) is 3.97. The number of aryl methyl sites for hydroxylation is 1. The van der Waals surface area contributed by atoms with E-state index in [2.05, 4.69) is 32.9 Å². The first-order valence-electron chi connectivity index (χ1n) is 6.16. The molecule has 0 unspecified atom stereocenters. The van der Waals surface area contributed by atoms with Crippen molar-refractivity contribution in [2.45, 2.75) is 60.0 Å². The SMILES string of the molecule is CC.Cc1ccc(C(C)(C)O)cc1C(C)C. The summed E-state index contributed by atoms with van der Waals surface area (Å²) in [6, 6.07) is 6.20. The normalized spacial score (nSPS) is 11.1. The van der Waals surface area contributed by atoms with Gasteiger partial charge in [-0.05, 0) is 43.4 Å². The molecule has 1 N–H and O–H groups in total. The maximum absolute atomic E-state index is 9.89. The summed E-state index contributed by atoms with van der Waals surface area (Å²) in [4.78, 5) is 0. The average Bonchev–Trinajstić information content (AvgIpc) is 2.19. The Bertz CT molecular complexity index is 319. The summed E-state index contributed by atoms with van der Waals surface area (Å²) < 4.78 is 0. The van der Waals surface area contributed by atoms with Crippen LogP contribution in [-0.4, -0.2) is 5.11 Å². The third-order valence-electron chi connectivity index (χ3n) is 2.61. The second-order valence-electron chi connectivity index (χ2n) is 4.79. The Morgan fingerprint density at radius 3 is 2.00 bits per heavy atom. The van der Waals surface area contributed by atoms with Crippen molar-refractivity contribution < 1.29 is 5.11 Å². The van der Waals surface area contributed by atoms with Crippen LogP contribution in [0.25, 0.3) is 0 Å². The predicted molar refractivity (Wildman–Crippen MR) is 71.9 cm³/mol. The molecule has 92 valence electrons. The number of benzene rings is 1. The fourth-order valence-electron chi connectivity index (χ4n) is 1.64. The van der Waals surface area contributed by atoms with Gasteiger partial charge < -0.3 is 5.11 Å². The first-order valence-corrected chi connectivity index (χ1v) is 6.16. The van der Waals surface area contributed by atoms with Gasteiger partial charge in [-0.15, -0.1) is 0 Å². The molecule has 0 radical (unpaired) electrons. The van der Waals surface area contributed by atoms with E-state index in [4.69, 9.17) is 0 Å². The van der Waals surface area contributed by atoms with E-state index in [9.17, 15) is 5.11 Å².